The Balaban J connectivity index is 1.63. The molecule has 0 atom stereocenters. The van der Waals surface area contributed by atoms with Crippen LogP contribution in [0.15, 0.2) is 34.7 Å². The Morgan fingerprint density at radius 3 is 2.55 bits per heavy atom. The summed E-state index contributed by atoms with van der Waals surface area (Å²) in [6.07, 6.45) is 1.30. The Hall–Kier alpha value is -2.70. The maximum absolute atomic E-state index is 12.3. The van der Waals surface area contributed by atoms with Gasteiger partial charge in [-0.05, 0) is 5.56 Å². The zero-order valence-corrected chi connectivity index (χ0v) is 12.0. The van der Waals surface area contributed by atoms with Crippen LogP contribution in [0.4, 0.5) is 0 Å². The van der Waals surface area contributed by atoms with Crippen molar-refractivity contribution in [3.05, 3.63) is 47.7 Å². The smallest absolute Gasteiger partial charge is 0.311 e. The van der Waals surface area contributed by atoms with Gasteiger partial charge in [-0.2, -0.15) is 0 Å². The van der Waals surface area contributed by atoms with Gasteiger partial charge in [0, 0.05) is 26.2 Å². The van der Waals surface area contributed by atoms with Crippen molar-refractivity contribution < 1.29 is 14.0 Å². The molecule has 1 aromatic carbocycles. The molecule has 0 N–H and O–H groups in total. The van der Waals surface area contributed by atoms with Crippen LogP contribution in [0.1, 0.15) is 22.1 Å². The normalized spacial score (nSPS) is 14.9. The summed E-state index contributed by atoms with van der Waals surface area (Å²) in [7, 11) is 0. The lowest BCUT2D eigenvalue weighted by atomic mass is 10.2. The fourth-order valence-corrected chi connectivity index (χ4v) is 2.35. The second-order valence-electron chi connectivity index (χ2n) is 5.10. The molecular weight excluding hydrogens is 284 g/mol. The fraction of sp³-hybridized carbons (Fsp3) is 0.333. The molecule has 1 aromatic heterocycles. The molecule has 1 aliphatic rings. The van der Waals surface area contributed by atoms with E-state index < -0.39 is 0 Å². The maximum atomic E-state index is 12.3. The minimum absolute atomic E-state index is 0.00508. The third kappa shape index (κ3) is 3.13. The van der Waals surface area contributed by atoms with Crippen molar-refractivity contribution in [1.29, 1.82) is 0 Å². The molecule has 3 rings (SSSR count). The minimum atomic E-state index is -0.280. The Morgan fingerprint density at radius 1 is 1.14 bits per heavy atom. The van der Waals surface area contributed by atoms with E-state index in [2.05, 4.69) is 10.2 Å². The lowest BCUT2D eigenvalue weighted by molar-refractivity contribution is -0.119. The highest BCUT2D eigenvalue weighted by atomic mass is 16.4. The number of hydrogen-bond acceptors (Lipinski definition) is 5. The van der Waals surface area contributed by atoms with Crippen LogP contribution in [0.3, 0.4) is 0 Å². The molecule has 2 amide bonds. The molecule has 1 saturated heterocycles. The third-order valence-electron chi connectivity index (χ3n) is 3.60. The average molecular weight is 300 g/mol. The van der Waals surface area contributed by atoms with E-state index in [0.29, 0.717) is 38.5 Å². The van der Waals surface area contributed by atoms with Crippen molar-refractivity contribution in [2.45, 2.75) is 6.42 Å². The van der Waals surface area contributed by atoms with Crippen LogP contribution in [0.2, 0.25) is 0 Å². The summed E-state index contributed by atoms with van der Waals surface area (Å²) in [6.45, 7) is 2.02. The first kappa shape index (κ1) is 14.2. The molecule has 114 valence electrons. The number of carbonyl (C=O) groups excluding carboxylic acids is 2. The molecule has 1 aliphatic heterocycles. The summed E-state index contributed by atoms with van der Waals surface area (Å²) in [5.74, 6) is 0.143. The quantitative estimate of drug-likeness (QED) is 0.771. The van der Waals surface area contributed by atoms with Gasteiger partial charge in [0.1, 0.15) is 0 Å². The molecule has 0 unspecified atom stereocenters. The first-order chi connectivity index (χ1) is 10.8. The van der Waals surface area contributed by atoms with E-state index in [-0.39, 0.29) is 11.8 Å². The van der Waals surface area contributed by atoms with Crippen LogP contribution < -0.4 is 0 Å². The Labute approximate surface area is 127 Å². The lowest BCUT2D eigenvalue weighted by Gasteiger charge is -2.31. The molecular formula is C15H16N4O3. The topological polar surface area (TPSA) is 79.5 Å². The highest BCUT2D eigenvalue weighted by Crippen LogP contribution is 2.11. The monoisotopic (exact) mass is 300 g/mol. The summed E-state index contributed by atoms with van der Waals surface area (Å²) in [6, 6.07) is 9.73. The van der Waals surface area contributed by atoms with E-state index in [9.17, 15) is 9.59 Å². The molecule has 0 saturated carbocycles. The van der Waals surface area contributed by atoms with Crippen LogP contribution in [0.5, 0.6) is 0 Å². The van der Waals surface area contributed by atoms with Gasteiger partial charge in [0.25, 0.3) is 0 Å². The summed E-state index contributed by atoms with van der Waals surface area (Å²) in [5.41, 5.74) is 1.05. The second kappa shape index (κ2) is 6.38. The van der Waals surface area contributed by atoms with Gasteiger partial charge >= 0.3 is 11.8 Å². The average Bonchev–Trinajstić information content (AvgIpc) is 3.04. The van der Waals surface area contributed by atoms with Crippen molar-refractivity contribution >= 4 is 12.3 Å². The molecule has 7 nitrogen and oxygen atoms in total. The van der Waals surface area contributed by atoms with Crippen molar-refractivity contribution in [3.8, 4) is 0 Å². The molecule has 2 heterocycles. The van der Waals surface area contributed by atoms with Gasteiger partial charge in [0.2, 0.25) is 12.3 Å². The molecule has 22 heavy (non-hydrogen) atoms. The largest absolute Gasteiger partial charge is 0.417 e. The van der Waals surface area contributed by atoms with E-state index in [4.69, 9.17) is 4.42 Å². The number of rotatable bonds is 4. The van der Waals surface area contributed by atoms with Crippen LogP contribution in [0, 0.1) is 0 Å². The number of amides is 2. The molecule has 2 aromatic rings. The number of carbonyl (C=O) groups is 2. The highest BCUT2D eigenvalue weighted by molar-refractivity contribution is 5.89. The SMILES string of the molecule is O=CN1CCN(C(=O)c2nnc(Cc3ccccc3)o2)CC1. The molecule has 0 bridgehead atoms. The zero-order chi connectivity index (χ0) is 15.4. The second-order valence-corrected chi connectivity index (χ2v) is 5.10. The van der Waals surface area contributed by atoms with Crippen molar-refractivity contribution in [1.82, 2.24) is 20.0 Å². The summed E-state index contributed by atoms with van der Waals surface area (Å²) >= 11 is 0. The van der Waals surface area contributed by atoms with Gasteiger partial charge in [-0.1, -0.05) is 30.3 Å². The minimum Gasteiger partial charge on any atom is -0.417 e. The van der Waals surface area contributed by atoms with Crippen LogP contribution in [0.25, 0.3) is 0 Å². The predicted octanol–water partition coefficient (Wildman–Crippen LogP) is 0.575. The molecule has 0 aliphatic carbocycles. The van der Waals surface area contributed by atoms with Crippen LogP contribution in [-0.2, 0) is 11.2 Å². The van der Waals surface area contributed by atoms with Crippen molar-refractivity contribution in [3.63, 3.8) is 0 Å². The van der Waals surface area contributed by atoms with Gasteiger partial charge in [0.05, 0.1) is 6.42 Å². The van der Waals surface area contributed by atoms with Gasteiger partial charge in [-0.3, -0.25) is 9.59 Å². The lowest BCUT2D eigenvalue weighted by Crippen LogP contribution is -2.48. The van der Waals surface area contributed by atoms with E-state index in [1.54, 1.807) is 9.80 Å². The van der Waals surface area contributed by atoms with Gasteiger partial charge in [-0.25, -0.2) is 0 Å². The Bertz CT molecular complexity index is 648. The van der Waals surface area contributed by atoms with Gasteiger partial charge < -0.3 is 14.2 Å². The standard InChI is InChI=1S/C15H16N4O3/c20-11-18-6-8-19(9-7-18)15(21)14-17-16-13(22-14)10-12-4-2-1-3-5-12/h1-5,11H,6-10H2. The summed E-state index contributed by atoms with van der Waals surface area (Å²) in [4.78, 5) is 26.2. The number of nitrogens with zero attached hydrogens (tertiary/aromatic N) is 4. The first-order valence-corrected chi connectivity index (χ1v) is 7.11. The molecule has 0 spiro atoms. The fourth-order valence-electron chi connectivity index (χ4n) is 2.35. The number of aromatic nitrogens is 2. The zero-order valence-electron chi connectivity index (χ0n) is 12.0. The predicted molar refractivity (Wildman–Crippen MR) is 77.1 cm³/mol. The van der Waals surface area contributed by atoms with E-state index >= 15 is 0 Å². The Kier molecular flexibility index (Phi) is 4.13. The maximum Gasteiger partial charge on any atom is 0.311 e. The molecule has 1 fully saturated rings. The number of hydrogen-bond donors (Lipinski definition) is 0. The van der Waals surface area contributed by atoms with E-state index in [1.807, 2.05) is 30.3 Å². The van der Waals surface area contributed by atoms with Gasteiger partial charge in [0.15, 0.2) is 0 Å². The number of benzene rings is 1. The van der Waals surface area contributed by atoms with Crippen LogP contribution in [-0.4, -0.2) is 58.5 Å². The Morgan fingerprint density at radius 2 is 1.86 bits per heavy atom. The van der Waals surface area contributed by atoms with E-state index in [1.165, 1.54) is 0 Å². The van der Waals surface area contributed by atoms with Crippen LogP contribution >= 0.6 is 0 Å². The summed E-state index contributed by atoms with van der Waals surface area (Å²) in [5, 5.41) is 7.76. The molecule has 7 heteroatoms. The molecule has 0 radical (unpaired) electrons. The van der Waals surface area contributed by atoms with E-state index in [0.717, 1.165) is 12.0 Å². The van der Waals surface area contributed by atoms with Crippen molar-refractivity contribution in [2.24, 2.45) is 0 Å². The summed E-state index contributed by atoms with van der Waals surface area (Å²) < 4.78 is 5.46. The first-order valence-electron chi connectivity index (χ1n) is 7.11. The highest BCUT2D eigenvalue weighted by Gasteiger charge is 2.25. The van der Waals surface area contributed by atoms with Crippen molar-refractivity contribution in [2.75, 3.05) is 26.2 Å². The third-order valence-corrected chi connectivity index (χ3v) is 3.60. The van der Waals surface area contributed by atoms with Gasteiger partial charge in [-0.15, -0.1) is 10.2 Å². The number of piperazine rings is 1.